The third kappa shape index (κ3) is 7.24. The third-order valence-corrected chi connectivity index (χ3v) is 4.54. The number of thioether (sulfide) groups is 2. The van der Waals surface area contributed by atoms with Crippen LogP contribution in [-0.2, 0) is 0 Å². The van der Waals surface area contributed by atoms with Crippen molar-refractivity contribution < 1.29 is 0 Å². The highest BCUT2D eigenvalue weighted by molar-refractivity contribution is 8.00. The predicted molar refractivity (Wildman–Crippen MR) is 78.6 cm³/mol. The lowest BCUT2D eigenvalue weighted by Crippen LogP contribution is -2.08. The van der Waals surface area contributed by atoms with Crippen LogP contribution in [0.4, 0.5) is 0 Å². The van der Waals surface area contributed by atoms with Crippen LogP contribution < -0.4 is 0 Å². The zero-order valence-corrected chi connectivity index (χ0v) is 12.2. The number of unbranched alkanes of at least 4 members (excludes halogenated alkanes) is 1. The molecule has 0 aliphatic heterocycles. The number of rotatable bonds is 6. The molecule has 0 N–H and O–H groups in total. The fraction of sp³-hybridized carbons (Fsp3) is 0.571. The molecule has 0 aromatic heterocycles. The van der Waals surface area contributed by atoms with E-state index in [2.05, 4.69) is 62.9 Å². The van der Waals surface area contributed by atoms with E-state index in [1.807, 2.05) is 11.8 Å². The van der Waals surface area contributed by atoms with Crippen LogP contribution in [0.15, 0.2) is 35.2 Å². The number of hydrogen-bond acceptors (Lipinski definition) is 2. The molecule has 0 heterocycles. The summed E-state index contributed by atoms with van der Waals surface area (Å²) in [4.78, 5) is 1.39. The van der Waals surface area contributed by atoms with Gasteiger partial charge in [-0.3, -0.25) is 0 Å². The fourth-order valence-corrected chi connectivity index (χ4v) is 3.18. The second-order valence-electron chi connectivity index (χ2n) is 4.83. The molecule has 0 aliphatic rings. The average Bonchev–Trinajstić information content (AvgIpc) is 2.23. The Morgan fingerprint density at radius 1 is 0.938 bits per heavy atom. The molecule has 0 unspecified atom stereocenters. The average molecular weight is 254 g/mol. The van der Waals surface area contributed by atoms with E-state index in [4.69, 9.17) is 0 Å². The molecule has 0 atom stereocenters. The topological polar surface area (TPSA) is 0 Å². The largest absolute Gasteiger partial charge is 0.156 e. The summed E-state index contributed by atoms with van der Waals surface area (Å²) in [5.74, 6) is 2.54. The van der Waals surface area contributed by atoms with Gasteiger partial charge in [0, 0.05) is 9.64 Å². The van der Waals surface area contributed by atoms with Crippen molar-refractivity contribution in [1.82, 2.24) is 0 Å². The molecule has 0 saturated carbocycles. The van der Waals surface area contributed by atoms with Crippen LogP contribution in [0.5, 0.6) is 0 Å². The lowest BCUT2D eigenvalue weighted by Gasteiger charge is -2.17. The van der Waals surface area contributed by atoms with Crippen molar-refractivity contribution >= 4 is 23.5 Å². The third-order valence-electron chi connectivity index (χ3n) is 2.09. The first-order chi connectivity index (χ1) is 7.58. The van der Waals surface area contributed by atoms with E-state index in [1.54, 1.807) is 0 Å². The first-order valence-corrected chi connectivity index (χ1v) is 7.87. The van der Waals surface area contributed by atoms with Gasteiger partial charge in [-0.1, -0.05) is 39.0 Å². The van der Waals surface area contributed by atoms with E-state index in [9.17, 15) is 0 Å². The van der Waals surface area contributed by atoms with Gasteiger partial charge in [0.15, 0.2) is 0 Å². The van der Waals surface area contributed by atoms with Gasteiger partial charge in [0.1, 0.15) is 0 Å². The van der Waals surface area contributed by atoms with Gasteiger partial charge in [-0.25, -0.2) is 0 Å². The summed E-state index contributed by atoms with van der Waals surface area (Å²) in [6.07, 6.45) is 2.66. The van der Waals surface area contributed by atoms with Crippen molar-refractivity contribution in [3.05, 3.63) is 30.3 Å². The molecule has 0 amide bonds. The number of benzene rings is 1. The maximum atomic E-state index is 2.29. The summed E-state index contributed by atoms with van der Waals surface area (Å²) >= 11 is 4.04. The van der Waals surface area contributed by atoms with E-state index in [0.29, 0.717) is 4.75 Å². The van der Waals surface area contributed by atoms with Crippen molar-refractivity contribution in [1.29, 1.82) is 0 Å². The minimum absolute atomic E-state index is 0.423. The maximum absolute atomic E-state index is 2.29. The van der Waals surface area contributed by atoms with E-state index < -0.39 is 0 Å². The van der Waals surface area contributed by atoms with Crippen LogP contribution in [0, 0.1) is 0 Å². The maximum Gasteiger partial charge on any atom is 0.00750 e. The van der Waals surface area contributed by atoms with Crippen LogP contribution in [0.3, 0.4) is 0 Å². The van der Waals surface area contributed by atoms with Crippen LogP contribution in [0.25, 0.3) is 0 Å². The molecular weight excluding hydrogens is 232 g/mol. The standard InChI is InChI=1S/C14H22S2/c1-14(2,3)16-12-8-7-11-15-13-9-5-4-6-10-13/h4-6,9-10H,7-8,11-12H2,1-3H3. The Morgan fingerprint density at radius 2 is 1.56 bits per heavy atom. The molecule has 0 saturated heterocycles. The summed E-state index contributed by atoms with van der Waals surface area (Å²) in [6, 6.07) is 10.7. The van der Waals surface area contributed by atoms with E-state index in [-0.39, 0.29) is 0 Å². The zero-order valence-electron chi connectivity index (χ0n) is 10.5. The first kappa shape index (κ1) is 14.0. The molecule has 1 aromatic carbocycles. The minimum atomic E-state index is 0.423. The Balaban J connectivity index is 2.01. The minimum Gasteiger partial charge on any atom is -0.156 e. The highest BCUT2D eigenvalue weighted by Crippen LogP contribution is 2.25. The summed E-state index contributed by atoms with van der Waals surface area (Å²) < 4.78 is 0.423. The van der Waals surface area contributed by atoms with Crippen molar-refractivity contribution in [3.63, 3.8) is 0 Å². The first-order valence-electron chi connectivity index (χ1n) is 5.90. The Bertz CT molecular complexity index is 275. The molecule has 2 heteroatoms. The van der Waals surface area contributed by atoms with Gasteiger partial charge in [0.25, 0.3) is 0 Å². The van der Waals surface area contributed by atoms with Crippen molar-refractivity contribution in [3.8, 4) is 0 Å². The quantitative estimate of drug-likeness (QED) is 0.512. The molecule has 1 aromatic rings. The highest BCUT2D eigenvalue weighted by Gasteiger charge is 2.08. The lowest BCUT2D eigenvalue weighted by atomic mass is 10.3. The van der Waals surface area contributed by atoms with Gasteiger partial charge in [0.2, 0.25) is 0 Å². The van der Waals surface area contributed by atoms with Crippen LogP contribution in [0.2, 0.25) is 0 Å². The molecule has 0 nitrogen and oxygen atoms in total. The molecule has 0 spiro atoms. The molecule has 0 bridgehead atoms. The SMILES string of the molecule is CC(C)(C)SCCCCSc1ccccc1. The van der Waals surface area contributed by atoms with Crippen molar-refractivity contribution in [2.75, 3.05) is 11.5 Å². The lowest BCUT2D eigenvalue weighted by molar-refractivity contribution is 0.795. The predicted octanol–water partition coefficient (Wildman–Crippen LogP) is 5.09. The second kappa shape index (κ2) is 7.29. The summed E-state index contributed by atoms with van der Waals surface area (Å²) in [5, 5.41) is 0. The summed E-state index contributed by atoms with van der Waals surface area (Å²) in [7, 11) is 0. The molecule has 1 rings (SSSR count). The Labute approximate surface area is 109 Å². The molecule has 0 radical (unpaired) electrons. The summed E-state index contributed by atoms with van der Waals surface area (Å²) in [6.45, 7) is 6.86. The Hall–Kier alpha value is -0.0800. The van der Waals surface area contributed by atoms with E-state index in [1.165, 1.54) is 29.2 Å². The van der Waals surface area contributed by atoms with E-state index >= 15 is 0 Å². The van der Waals surface area contributed by atoms with Gasteiger partial charge in [-0.15, -0.1) is 11.8 Å². The molecule has 0 aliphatic carbocycles. The monoisotopic (exact) mass is 254 g/mol. The van der Waals surface area contributed by atoms with Crippen LogP contribution in [-0.4, -0.2) is 16.3 Å². The molecule has 90 valence electrons. The van der Waals surface area contributed by atoms with Gasteiger partial charge in [-0.05, 0) is 36.5 Å². The van der Waals surface area contributed by atoms with Crippen LogP contribution in [0.1, 0.15) is 33.6 Å². The van der Waals surface area contributed by atoms with E-state index in [0.717, 1.165) is 0 Å². The van der Waals surface area contributed by atoms with Gasteiger partial charge >= 0.3 is 0 Å². The Morgan fingerprint density at radius 3 is 2.19 bits per heavy atom. The second-order valence-corrected chi connectivity index (χ2v) is 7.92. The van der Waals surface area contributed by atoms with Gasteiger partial charge < -0.3 is 0 Å². The normalized spacial score (nSPS) is 11.7. The summed E-state index contributed by atoms with van der Waals surface area (Å²) in [5.41, 5.74) is 0. The van der Waals surface area contributed by atoms with Crippen molar-refractivity contribution in [2.24, 2.45) is 0 Å². The zero-order chi connectivity index (χ0) is 11.9. The Kier molecular flexibility index (Phi) is 6.37. The fourth-order valence-electron chi connectivity index (χ4n) is 1.29. The molecule has 16 heavy (non-hydrogen) atoms. The highest BCUT2D eigenvalue weighted by atomic mass is 32.2. The molecule has 0 fully saturated rings. The number of hydrogen-bond donors (Lipinski definition) is 0. The van der Waals surface area contributed by atoms with Gasteiger partial charge in [0.05, 0.1) is 0 Å². The van der Waals surface area contributed by atoms with Crippen molar-refractivity contribution in [2.45, 2.75) is 43.3 Å². The smallest absolute Gasteiger partial charge is 0.00750 e. The van der Waals surface area contributed by atoms with Crippen LogP contribution >= 0.6 is 23.5 Å². The van der Waals surface area contributed by atoms with Gasteiger partial charge in [-0.2, -0.15) is 11.8 Å². The molecular formula is C14H22S2.